The zero-order valence-corrected chi connectivity index (χ0v) is 20.5. The van der Waals surface area contributed by atoms with E-state index in [1.54, 1.807) is 31.4 Å². The first-order valence-electron chi connectivity index (χ1n) is 10.2. The van der Waals surface area contributed by atoms with E-state index < -0.39 is 22.5 Å². The molecule has 180 valence electrons. The van der Waals surface area contributed by atoms with Gasteiger partial charge in [-0.1, -0.05) is 23.7 Å². The highest BCUT2D eigenvalue weighted by molar-refractivity contribution is 7.92. The first kappa shape index (κ1) is 25.2. The molecule has 3 aromatic rings. The molecule has 10 heteroatoms. The number of hydrogen-bond acceptors (Lipinski definition) is 6. The molecule has 0 aromatic heterocycles. The summed E-state index contributed by atoms with van der Waals surface area (Å²) >= 11 is 5.98. The number of nitrogens with zero attached hydrogens (tertiary/aromatic N) is 1. The Balaban J connectivity index is 1.87. The second-order valence-electron chi connectivity index (χ2n) is 7.13. The first-order chi connectivity index (χ1) is 16.3. The molecule has 0 spiro atoms. The number of nitrogens with one attached hydrogen (secondary N) is 1. The summed E-state index contributed by atoms with van der Waals surface area (Å²) in [7, 11) is 0.308. The minimum Gasteiger partial charge on any atom is -0.497 e. The molecule has 8 nitrogen and oxygen atoms in total. The number of rotatable bonds is 10. The third kappa shape index (κ3) is 5.92. The first-order valence-corrected chi connectivity index (χ1v) is 12.0. The summed E-state index contributed by atoms with van der Waals surface area (Å²) in [4.78, 5) is 12.7. The number of hydrogen-bond donors (Lipinski definition) is 1. The maximum absolute atomic E-state index is 13.6. The number of sulfonamides is 1. The van der Waals surface area contributed by atoms with Gasteiger partial charge in [-0.2, -0.15) is 0 Å². The number of benzene rings is 3. The van der Waals surface area contributed by atoms with E-state index in [-0.39, 0.29) is 17.2 Å². The highest BCUT2D eigenvalue weighted by Gasteiger charge is 2.28. The van der Waals surface area contributed by atoms with Crippen LogP contribution < -0.4 is 23.8 Å². The van der Waals surface area contributed by atoms with Crippen molar-refractivity contribution in [3.63, 3.8) is 0 Å². The van der Waals surface area contributed by atoms with Crippen LogP contribution in [0.15, 0.2) is 71.6 Å². The van der Waals surface area contributed by atoms with Crippen molar-refractivity contribution in [2.24, 2.45) is 0 Å². The third-order valence-corrected chi connectivity index (χ3v) is 7.02. The minimum atomic E-state index is -4.13. The zero-order chi connectivity index (χ0) is 24.7. The molecule has 0 unspecified atom stereocenters. The molecule has 0 heterocycles. The van der Waals surface area contributed by atoms with Crippen LogP contribution in [0, 0.1) is 0 Å². The van der Waals surface area contributed by atoms with E-state index in [1.165, 1.54) is 44.6 Å². The molecule has 0 atom stereocenters. The smallest absolute Gasteiger partial charge is 0.264 e. The molecule has 0 bridgehead atoms. The van der Waals surface area contributed by atoms with E-state index in [2.05, 4.69) is 5.32 Å². The number of carbonyl (C=O) groups excluding carboxylic acids is 1. The molecule has 3 rings (SSSR count). The molecule has 0 fully saturated rings. The van der Waals surface area contributed by atoms with Gasteiger partial charge in [0.1, 0.15) is 12.3 Å². The van der Waals surface area contributed by atoms with Gasteiger partial charge < -0.3 is 19.5 Å². The molecule has 0 saturated heterocycles. The van der Waals surface area contributed by atoms with E-state index in [0.29, 0.717) is 22.2 Å². The fraction of sp³-hybridized carbons (Fsp3) is 0.208. The fourth-order valence-electron chi connectivity index (χ4n) is 3.16. The Morgan fingerprint density at radius 2 is 1.53 bits per heavy atom. The zero-order valence-electron chi connectivity index (χ0n) is 18.9. The van der Waals surface area contributed by atoms with Gasteiger partial charge in [0, 0.05) is 17.6 Å². The quantitative estimate of drug-likeness (QED) is 0.450. The van der Waals surface area contributed by atoms with Crippen molar-refractivity contribution in [3.05, 3.63) is 77.3 Å². The molecular weight excluding hydrogens is 480 g/mol. The van der Waals surface area contributed by atoms with E-state index in [1.807, 2.05) is 12.1 Å². The molecule has 34 heavy (non-hydrogen) atoms. The third-order valence-electron chi connectivity index (χ3n) is 4.99. The topological polar surface area (TPSA) is 94.2 Å². The maximum atomic E-state index is 13.6. The van der Waals surface area contributed by atoms with Crippen LogP contribution in [0.1, 0.15) is 5.56 Å². The van der Waals surface area contributed by atoms with Gasteiger partial charge in [-0.05, 0) is 54.1 Å². The highest BCUT2D eigenvalue weighted by Crippen LogP contribution is 2.32. The average molecular weight is 505 g/mol. The summed E-state index contributed by atoms with van der Waals surface area (Å²) < 4.78 is 43.7. The second-order valence-corrected chi connectivity index (χ2v) is 9.43. The Morgan fingerprint density at radius 3 is 2.12 bits per heavy atom. The molecule has 3 aromatic carbocycles. The lowest BCUT2D eigenvalue weighted by atomic mass is 10.2. The van der Waals surface area contributed by atoms with Crippen LogP contribution >= 0.6 is 11.6 Å². The lowest BCUT2D eigenvalue weighted by Gasteiger charge is -2.24. The summed E-state index contributed by atoms with van der Waals surface area (Å²) in [6.07, 6.45) is 0. The van der Waals surface area contributed by atoms with Gasteiger partial charge in [-0.3, -0.25) is 9.10 Å². The summed E-state index contributed by atoms with van der Waals surface area (Å²) in [6, 6.07) is 17.6. The number of anilines is 1. The number of methoxy groups -OCH3 is 3. The second kappa shape index (κ2) is 11.1. The summed E-state index contributed by atoms with van der Waals surface area (Å²) in [5, 5.41) is 3.20. The lowest BCUT2D eigenvalue weighted by molar-refractivity contribution is -0.119. The molecule has 0 aliphatic rings. The Hall–Kier alpha value is -3.43. The van der Waals surface area contributed by atoms with Crippen LogP contribution in [0.4, 0.5) is 5.69 Å². The van der Waals surface area contributed by atoms with Crippen molar-refractivity contribution < 1.29 is 27.4 Å². The fourth-order valence-corrected chi connectivity index (χ4v) is 4.72. The Morgan fingerprint density at radius 1 is 0.882 bits per heavy atom. The van der Waals surface area contributed by atoms with Gasteiger partial charge in [0.15, 0.2) is 11.5 Å². The van der Waals surface area contributed by atoms with Crippen LogP contribution in [-0.2, 0) is 21.4 Å². The van der Waals surface area contributed by atoms with Crippen LogP contribution in [0.5, 0.6) is 17.2 Å². The normalized spacial score (nSPS) is 10.9. The number of halogens is 1. The van der Waals surface area contributed by atoms with Crippen LogP contribution in [0.2, 0.25) is 5.02 Å². The molecular formula is C24H25ClN2O6S. The average Bonchev–Trinajstić information content (AvgIpc) is 2.86. The molecule has 1 amide bonds. The number of amides is 1. The van der Waals surface area contributed by atoms with E-state index in [9.17, 15) is 13.2 Å². The van der Waals surface area contributed by atoms with Crippen molar-refractivity contribution >= 4 is 33.2 Å². The molecule has 0 saturated carbocycles. The lowest BCUT2D eigenvalue weighted by Crippen LogP contribution is -2.40. The predicted octanol–water partition coefficient (Wildman–Crippen LogP) is 3.88. The number of ether oxygens (including phenoxy) is 3. The predicted molar refractivity (Wildman–Crippen MR) is 130 cm³/mol. The highest BCUT2D eigenvalue weighted by atomic mass is 35.5. The van der Waals surface area contributed by atoms with Crippen molar-refractivity contribution in [1.29, 1.82) is 0 Å². The van der Waals surface area contributed by atoms with E-state index in [4.69, 9.17) is 25.8 Å². The SMILES string of the molecule is COc1ccc(CNC(=O)CN(c2ccc(Cl)cc2)S(=O)(=O)c2ccc(OC)c(OC)c2)cc1. The van der Waals surface area contributed by atoms with Gasteiger partial charge in [-0.15, -0.1) is 0 Å². The summed E-state index contributed by atoms with van der Waals surface area (Å²) in [5.41, 5.74) is 1.13. The monoisotopic (exact) mass is 504 g/mol. The van der Waals surface area contributed by atoms with Crippen molar-refractivity contribution in [2.45, 2.75) is 11.4 Å². The minimum absolute atomic E-state index is 0.0527. The Bertz CT molecular complexity index is 1230. The Kier molecular flexibility index (Phi) is 8.25. The van der Waals surface area contributed by atoms with Gasteiger partial charge >= 0.3 is 0 Å². The molecule has 0 aliphatic carbocycles. The molecule has 0 aliphatic heterocycles. The van der Waals surface area contributed by atoms with E-state index >= 15 is 0 Å². The van der Waals surface area contributed by atoms with Crippen molar-refractivity contribution in [1.82, 2.24) is 5.32 Å². The maximum Gasteiger partial charge on any atom is 0.264 e. The van der Waals surface area contributed by atoms with Crippen molar-refractivity contribution in [3.8, 4) is 17.2 Å². The standard InChI is InChI=1S/C24H25ClN2O6S/c1-31-20-10-4-17(5-11-20)15-26-24(28)16-27(19-8-6-18(25)7-9-19)34(29,30)21-12-13-22(32-2)23(14-21)33-3/h4-14H,15-16H2,1-3H3,(H,26,28). The summed E-state index contributed by atoms with van der Waals surface area (Å²) in [6.45, 7) is -0.206. The summed E-state index contributed by atoms with van der Waals surface area (Å²) in [5.74, 6) is 0.861. The molecule has 0 radical (unpaired) electrons. The number of carbonyl (C=O) groups is 1. The largest absolute Gasteiger partial charge is 0.497 e. The Labute approximate surface area is 204 Å². The van der Waals surface area contributed by atoms with Gasteiger partial charge in [0.25, 0.3) is 10.0 Å². The molecule has 1 N–H and O–H groups in total. The van der Waals surface area contributed by atoms with E-state index in [0.717, 1.165) is 9.87 Å². The van der Waals surface area contributed by atoms with Gasteiger partial charge in [0.2, 0.25) is 5.91 Å². The van der Waals surface area contributed by atoms with Crippen LogP contribution in [-0.4, -0.2) is 42.2 Å². The van der Waals surface area contributed by atoms with Gasteiger partial charge in [-0.25, -0.2) is 8.42 Å². The van der Waals surface area contributed by atoms with Crippen molar-refractivity contribution in [2.75, 3.05) is 32.2 Å². The van der Waals surface area contributed by atoms with Crippen LogP contribution in [0.3, 0.4) is 0 Å². The van der Waals surface area contributed by atoms with Crippen LogP contribution in [0.25, 0.3) is 0 Å². The van der Waals surface area contributed by atoms with Gasteiger partial charge in [0.05, 0.1) is 31.9 Å².